The Labute approximate surface area is 130 Å². The van der Waals surface area contributed by atoms with Gasteiger partial charge < -0.3 is 11.1 Å². The quantitative estimate of drug-likeness (QED) is 0.819. The number of nitrogens with two attached hydrogens (primary N) is 1. The largest absolute Gasteiger partial charge is 0.329 e. The minimum atomic E-state index is -0.498. The molecular weight excluding hydrogens is 278 g/mol. The molecule has 22 heavy (non-hydrogen) atoms. The van der Waals surface area contributed by atoms with Crippen LogP contribution in [0.3, 0.4) is 0 Å². The van der Waals surface area contributed by atoms with Crippen molar-refractivity contribution in [3.8, 4) is 0 Å². The number of hydrogen-bond donors (Lipinski definition) is 2. The Bertz CT molecular complexity index is 596. The molecule has 3 N–H and O–H groups in total. The fraction of sp³-hybridized carbons (Fsp3) is 0.438. The van der Waals surface area contributed by atoms with Gasteiger partial charge in [0.05, 0.1) is 12.0 Å². The maximum absolute atomic E-state index is 12.5. The van der Waals surface area contributed by atoms with Crippen LogP contribution in [0.1, 0.15) is 32.3 Å². The molecule has 0 atom stereocenters. The van der Waals surface area contributed by atoms with Gasteiger partial charge >= 0.3 is 0 Å². The Morgan fingerprint density at radius 2 is 2.14 bits per heavy atom. The van der Waals surface area contributed by atoms with Gasteiger partial charge in [0.2, 0.25) is 5.91 Å². The van der Waals surface area contributed by atoms with Gasteiger partial charge in [0.25, 0.3) is 0 Å². The molecule has 0 aliphatic rings. The van der Waals surface area contributed by atoms with E-state index >= 15 is 0 Å². The number of benzene rings is 1. The van der Waals surface area contributed by atoms with Gasteiger partial charge in [-0.3, -0.25) is 4.79 Å². The third-order valence-electron chi connectivity index (χ3n) is 4.22. The van der Waals surface area contributed by atoms with Crippen molar-refractivity contribution in [2.75, 3.05) is 11.9 Å². The van der Waals surface area contributed by atoms with E-state index in [9.17, 15) is 4.79 Å². The number of rotatable bonds is 7. The van der Waals surface area contributed by atoms with Gasteiger partial charge in [0.1, 0.15) is 12.7 Å². The molecule has 0 fully saturated rings. The van der Waals surface area contributed by atoms with Crippen LogP contribution in [-0.4, -0.2) is 27.2 Å². The van der Waals surface area contributed by atoms with Crippen LogP contribution < -0.4 is 11.1 Å². The van der Waals surface area contributed by atoms with E-state index in [0.29, 0.717) is 13.1 Å². The van der Waals surface area contributed by atoms with Crippen LogP contribution in [0, 0.1) is 5.41 Å². The maximum Gasteiger partial charge on any atom is 0.231 e. The number of nitrogens with one attached hydrogen (secondary N) is 1. The lowest BCUT2D eigenvalue weighted by Gasteiger charge is -2.28. The van der Waals surface area contributed by atoms with Crippen LogP contribution in [0.25, 0.3) is 0 Å². The lowest BCUT2D eigenvalue weighted by atomic mass is 9.81. The molecule has 0 saturated heterocycles. The zero-order valence-electron chi connectivity index (χ0n) is 13.1. The summed E-state index contributed by atoms with van der Waals surface area (Å²) in [6, 6.07) is 7.75. The Balaban J connectivity index is 2.11. The molecule has 118 valence electrons. The summed E-state index contributed by atoms with van der Waals surface area (Å²) < 4.78 is 1.74. The third-order valence-corrected chi connectivity index (χ3v) is 4.22. The average Bonchev–Trinajstić information content (AvgIpc) is 3.03. The second-order valence-electron chi connectivity index (χ2n) is 5.44. The minimum absolute atomic E-state index is 0.0158. The smallest absolute Gasteiger partial charge is 0.231 e. The summed E-state index contributed by atoms with van der Waals surface area (Å²) in [5.74, 6) is -0.0158. The molecule has 1 amide bonds. The molecule has 0 aliphatic carbocycles. The van der Waals surface area contributed by atoms with Gasteiger partial charge in [-0.2, -0.15) is 5.10 Å². The van der Waals surface area contributed by atoms with Crippen molar-refractivity contribution < 1.29 is 4.79 Å². The lowest BCUT2D eigenvalue weighted by molar-refractivity contribution is -0.125. The summed E-state index contributed by atoms with van der Waals surface area (Å²) in [5, 5.41) is 7.07. The van der Waals surface area contributed by atoms with Crippen molar-refractivity contribution in [2.45, 2.75) is 33.2 Å². The molecule has 0 unspecified atom stereocenters. The topological polar surface area (TPSA) is 85.8 Å². The molecule has 0 spiro atoms. The Morgan fingerprint density at radius 1 is 1.36 bits per heavy atom. The summed E-state index contributed by atoms with van der Waals surface area (Å²) in [5.41, 5.74) is 7.16. The van der Waals surface area contributed by atoms with E-state index in [1.165, 1.54) is 6.33 Å². The number of carbonyl (C=O) groups excluding carboxylic acids is 1. The Hall–Kier alpha value is -2.21. The highest BCUT2D eigenvalue weighted by Crippen LogP contribution is 2.27. The number of carbonyl (C=O) groups is 1. The van der Waals surface area contributed by atoms with Crippen molar-refractivity contribution in [3.63, 3.8) is 0 Å². The van der Waals surface area contributed by atoms with Crippen molar-refractivity contribution in [1.82, 2.24) is 14.8 Å². The molecule has 2 rings (SSSR count). The van der Waals surface area contributed by atoms with Gasteiger partial charge in [0, 0.05) is 12.2 Å². The Kier molecular flexibility index (Phi) is 5.27. The normalized spacial score (nSPS) is 11.4. The Morgan fingerprint density at radius 3 is 2.73 bits per heavy atom. The number of aromatic nitrogens is 3. The molecule has 2 aromatic rings. The molecule has 1 aromatic carbocycles. The van der Waals surface area contributed by atoms with Crippen LogP contribution >= 0.6 is 0 Å². The van der Waals surface area contributed by atoms with Crippen LogP contribution in [0.5, 0.6) is 0 Å². The van der Waals surface area contributed by atoms with Crippen LogP contribution in [0.4, 0.5) is 5.69 Å². The number of anilines is 1. The minimum Gasteiger partial charge on any atom is -0.329 e. The van der Waals surface area contributed by atoms with Crippen molar-refractivity contribution >= 4 is 11.6 Å². The number of hydrogen-bond acceptors (Lipinski definition) is 4. The van der Waals surface area contributed by atoms with E-state index in [1.54, 1.807) is 11.0 Å². The SMILES string of the molecule is CCC(CC)(CN)C(=O)Nc1cccc(Cn2cncn2)c1. The number of amides is 1. The summed E-state index contributed by atoms with van der Waals surface area (Å²) >= 11 is 0. The second kappa shape index (κ2) is 7.17. The summed E-state index contributed by atoms with van der Waals surface area (Å²) in [6.07, 6.45) is 4.62. The van der Waals surface area contributed by atoms with Crippen LogP contribution in [-0.2, 0) is 11.3 Å². The second-order valence-corrected chi connectivity index (χ2v) is 5.44. The first-order valence-electron chi connectivity index (χ1n) is 7.56. The van der Waals surface area contributed by atoms with E-state index in [2.05, 4.69) is 15.4 Å². The molecule has 0 saturated carbocycles. The third kappa shape index (κ3) is 3.51. The first-order valence-corrected chi connectivity index (χ1v) is 7.56. The molecule has 6 heteroatoms. The van der Waals surface area contributed by atoms with Gasteiger partial charge in [-0.1, -0.05) is 26.0 Å². The molecule has 1 aromatic heterocycles. The monoisotopic (exact) mass is 301 g/mol. The summed E-state index contributed by atoms with van der Waals surface area (Å²) in [6.45, 7) is 4.96. The van der Waals surface area contributed by atoms with Gasteiger partial charge in [-0.05, 0) is 30.5 Å². The standard InChI is InChI=1S/C16H23N5O/c1-3-16(4-2,10-17)15(22)20-14-7-5-6-13(8-14)9-21-12-18-11-19-21/h5-8,11-12H,3-4,9-10,17H2,1-2H3,(H,20,22). The van der Waals surface area contributed by atoms with E-state index < -0.39 is 5.41 Å². The zero-order valence-corrected chi connectivity index (χ0v) is 13.1. The molecule has 0 radical (unpaired) electrons. The van der Waals surface area contributed by atoms with E-state index in [0.717, 1.165) is 24.1 Å². The van der Waals surface area contributed by atoms with Crippen LogP contribution in [0.15, 0.2) is 36.9 Å². The van der Waals surface area contributed by atoms with Crippen molar-refractivity contribution in [3.05, 3.63) is 42.5 Å². The van der Waals surface area contributed by atoms with E-state index in [1.807, 2.05) is 38.1 Å². The highest BCUT2D eigenvalue weighted by molar-refractivity contribution is 5.95. The lowest BCUT2D eigenvalue weighted by Crippen LogP contribution is -2.41. The zero-order chi connectivity index (χ0) is 16.0. The highest BCUT2D eigenvalue weighted by atomic mass is 16.2. The molecule has 0 aliphatic heterocycles. The summed E-state index contributed by atoms with van der Waals surface area (Å²) in [4.78, 5) is 16.5. The first-order chi connectivity index (χ1) is 10.6. The fourth-order valence-corrected chi connectivity index (χ4v) is 2.47. The van der Waals surface area contributed by atoms with E-state index in [4.69, 9.17) is 5.73 Å². The molecule has 6 nitrogen and oxygen atoms in total. The van der Waals surface area contributed by atoms with E-state index in [-0.39, 0.29) is 5.91 Å². The maximum atomic E-state index is 12.5. The van der Waals surface area contributed by atoms with Crippen LogP contribution in [0.2, 0.25) is 0 Å². The molecule has 0 bridgehead atoms. The molecule has 1 heterocycles. The van der Waals surface area contributed by atoms with Gasteiger partial charge in [-0.15, -0.1) is 0 Å². The summed E-state index contributed by atoms with van der Waals surface area (Å²) in [7, 11) is 0. The fourth-order valence-electron chi connectivity index (χ4n) is 2.47. The molecular formula is C16H23N5O. The van der Waals surface area contributed by atoms with Gasteiger partial charge in [-0.25, -0.2) is 9.67 Å². The predicted molar refractivity (Wildman–Crippen MR) is 86.3 cm³/mol. The van der Waals surface area contributed by atoms with Crippen molar-refractivity contribution in [1.29, 1.82) is 0 Å². The average molecular weight is 301 g/mol. The van der Waals surface area contributed by atoms with Gasteiger partial charge in [0.15, 0.2) is 0 Å². The highest BCUT2D eigenvalue weighted by Gasteiger charge is 2.33. The van der Waals surface area contributed by atoms with Crippen molar-refractivity contribution in [2.24, 2.45) is 11.1 Å². The first kappa shape index (κ1) is 16.2. The predicted octanol–water partition coefficient (Wildman–Crippen LogP) is 2.03. The number of nitrogens with zero attached hydrogens (tertiary/aromatic N) is 3.